The molecule has 0 bridgehead atoms. The molecule has 0 saturated heterocycles. The van der Waals surface area contributed by atoms with Crippen molar-refractivity contribution >= 4 is 5.82 Å². The maximum Gasteiger partial charge on any atom is 0.144 e. The third-order valence-electron chi connectivity index (χ3n) is 2.48. The van der Waals surface area contributed by atoms with Gasteiger partial charge in [0, 0.05) is 7.05 Å². The molecular weight excluding hydrogens is 178 g/mol. The third-order valence-corrected chi connectivity index (χ3v) is 2.48. The van der Waals surface area contributed by atoms with Crippen LogP contribution < -0.4 is 5.32 Å². The van der Waals surface area contributed by atoms with Crippen molar-refractivity contribution in [2.45, 2.75) is 32.0 Å². The molecule has 0 spiro atoms. The zero-order chi connectivity index (χ0) is 9.80. The highest BCUT2D eigenvalue weighted by Gasteiger charge is 2.17. The molecule has 1 N–H and O–H groups in total. The van der Waals surface area contributed by atoms with Gasteiger partial charge in [0.15, 0.2) is 0 Å². The normalized spacial score (nSPS) is 16.4. The third kappa shape index (κ3) is 2.20. The van der Waals surface area contributed by atoms with E-state index in [-0.39, 0.29) is 0 Å². The van der Waals surface area contributed by atoms with Crippen molar-refractivity contribution in [2.24, 2.45) is 0 Å². The Labute approximate surface area is 83.7 Å². The first-order valence-corrected chi connectivity index (χ1v) is 4.99. The van der Waals surface area contributed by atoms with Crippen molar-refractivity contribution in [3.8, 4) is 0 Å². The van der Waals surface area contributed by atoms with E-state index >= 15 is 0 Å². The smallest absolute Gasteiger partial charge is 0.144 e. The van der Waals surface area contributed by atoms with Crippen LogP contribution in [0.4, 0.5) is 5.82 Å². The number of hydrogen-bond donors (Lipinski definition) is 1. The summed E-state index contributed by atoms with van der Waals surface area (Å²) in [6.07, 6.45) is 7.63. The molecule has 0 amide bonds. The fourth-order valence-electron chi connectivity index (χ4n) is 1.30. The molecule has 0 aromatic carbocycles. The lowest BCUT2D eigenvalue weighted by Crippen LogP contribution is -2.21. The van der Waals surface area contributed by atoms with Crippen molar-refractivity contribution < 1.29 is 4.74 Å². The van der Waals surface area contributed by atoms with Crippen LogP contribution in [0, 0.1) is 0 Å². The minimum Gasteiger partial charge on any atom is -0.372 e. The van der Waals surface area contributed by atoms with Gasteiger partial charge in [-0.25, -0.2) is 4.98 Å². The molecule has 1 saturated carbocycles. The summed E-state index contributed by atoms with van der Waals surface area (Å²) in [5, 5.41) is 2.93. The summed E-state index contributed by atoms with van der Waals surface area (Å²) in [6.45, 7) is 0.585. The molecule has 1 heterocycles. The van der Waals surface area contributed by atoms with Crippen molar-refractivity contribution in [2.75, 3.05) is 12.4 Å². The molecule has 2 rings (SSSR count). The Morgan fingerprint density at radius 1 is 1.43 bits per heavy atom. The topological polar surface area (TPSA) is 47.0 Å². The Kier molecular flexibility index (Phi) is 2.93. The summed E-state index contributed by atoms with van der Waals surface area (Å²) in [6, 6.07) is 0. The fraction of sp³-hybridized carbons (Fsp3) is 0.600. The first-order chi connectivity index (χ1) is 6.88. The largest absolute Gasteiger partial charge is 0.372 e. The molecule has 0 unspecified atom stereocenters. The van der Waals surface area contributed by atoms with Gasteiger partial charge >= 0.3 is 0 Å². The molecule has 1 aromatic heterocycles. The van der Waals surface area contributed by atoms with Crippen LogP contribution in [0.3, 0.4) is 0 Å². The highest BCUT2D eigenvalue weighted by atomic mass is 16.5. The Bertz CT molecular complexity index is 282. The zero-order valence-electron chi connectivity index (χ0n) is 8.36. The summed E-state index contributed by atoms with van der Waals surface area (Å²) >= 11 is 0. The molecule has 1 aliphatic carbocycles. The number of nitrogens with one attached hydrogen (secondary N) is 1. The first-order valence-electron chi connectivity index (χ1n) is 4.99. The van der Waals surface area contributed by atoms with Crippen LogP contribution in [0.25, 0.3) is 0 Å². The lowest BCUT2D eigenvalue weighted by molar-refractivity contribution is -0.0102. The summed E-state index contributed by atoms with van der Waals surface area (Å²) in [5.74, 6) is 0.789. The van der Waals surface area contributed by atoms with Gasteiger partial charge in [-0.1, -0.05) is 0 Å². The maximum absolute atomic E-state index is 5.61. The second-order valence-electron chi connectivity index (χ2n) is 3.51. The predicted octanol–water partition coefficient (Wildman–Crippen LogP) is 1.59. The number of aromatic nitrogens is 2. The molecule has 14 heavy (non-hydrogen) atoms. The Morgan fingerprint density at radius 2 is 2.29 bits per heavy atom. The second-order valence-corrected chi connectivity index (χ2v) is 3.51. The Hall–Kier alpha value is -1.16. The van der Waals surface area contributed by atoms with Crippen LogP contribution >= 0.6 is 0 Å². The number of rotatable bonds is 4. The summed E-state index contributed by atoms with van der Waals surface area (Å²) in [5.41, 5.74) is 0.899. The van der Waals surface area contributed by atoms with Crippen LogP contribution in [-0.4, -0.2) is 23.1 Å². The van der Waals surface area contributed by atoms with Crippen molar-refractivity contribution in [3.63, 3.8) is 0 Å². The number of anilines is 1. The van der Waals surface area contributed by atoms with Gasteiger partial charge in [0.25, 0.3) is 0 Å². The number of ether oxygens (including phenoxy) is 1. The highest BCUT2D eigenvalue weighted by molar-refractivity contribution is 5.29. The van der Waals surface area contributed by atoms with Gasteiger partial charge in [-0.05, 0) is 19.3 Å². The quantitative estimate of drug-likeness (QED) is 0.788. The van der Waals surface area contributed by atoms with Crippen LogP contribution in [-0.2, 0) is 11.3 Å². The second kappa shape index (κ2) is 4.37. The Balaban J connectivity index is 1.83. The lowest BCUT2D eigenvalue weighted by atomic mass is 9.96. The van der Waals surface area contributed by atoms with Gasteiger partial charge in [0.1, 0.15) is 5.82 Å². The molecule has 76 valence electrons. The van der Waals surface area contributed by atoms with Gasteiger partial charge < -0.3 is 10.1 Å². The fourth-order valence-corrected chi connectivity index (χ4v) is 1.30. The molecule has 0 atom stereocenters. The van der Waals surface area contributed by atoms with Crippen LogP contribution in [0.5, 0.6) is 0 Å². The van der Waals surface area contributed by atoms with Gasteiger partial charge in [0.2, 0.25) is 0 Å². The summed E-state index contributed by atoms with van der Waals surface area (Å²) in [4.78, 5) is 8.40. The van der Waals surface area contributed by atoms with Gasteiger partial charge in [-0.2, -0.15) is 0 Å². The molecule has 4 heteroatoms. The number of nitrogens with zero attached hydrogens (tertiary/aromatic N) is 2. The van der Waals surface area contributed by atoms with Crippen molar-refractivity contribution in [1.29, 1.82) is 0 Å². The first kappa shape index (κ1) is 9.40. The van der Waals surface area contributed by atoms with E-state index in [1.165, 1.54) is 19.3 Å². The van der Waals surface area contributed by atoms with Crippen LogP contribution in [0.2, 0.25) is 0 Å². The number of hydrogen-bond acceptors (Lipinski definition) is 4. The lowest BCUT2D eigenvalue weighted by Gasteiger charge is -2.25. The van der Waals surface area contributed by atoms with E-state index in [1.54, 1.807) is 12.4 Å². The average molecular weight is 193 g/mol. The molecule has 0 aliphatic heterocycles. The minimum atomic E-state index is 0.459. The maximum atomic E-state index is 5.61. The molecular formula is C10H15N3O. The van der Waals surface area contributed by atoms with E-state index in [9.17, 15) is 0 Å². The van der Waals surface area contributed by atoms with Crippen LogP contribution in [0.1, 0.15) is 25.0 Å². The van der Waals surface area contributed by atoms with E-state index in [2.05, 4.69) is 15.3 Å². The molecule has 4 nitrogen and oxygen atoms in total. The highest BCUT2D eigenvalue weighted by Crippen LogP contribution is 2.22. The summed E-state index contributed by atoms with van der Waals surface area (Å²) in [7, 11) is 1.83. The molecule has 1 aliphatic rings. The minimum absolute atomic E-state index is 0.459. The van der Waals surface area contributed by atoms with E-state index in [0.717, 1.165) is 11.5 Å². The van der Waals surface area contributed by atoms with Gasteiger partial charge in [-0.3, -0.25) is 4.98 Å². The van der Waals surface area contributed by atoms with E-state index in [0.29, 0.717) is 12.7 Å². The standard InChI is InChI=1S/C10H15N3O/c1-11-10-6-12-8(5-13-10)7-14-9-3-2-4-9/h5-6,9H,2-4,7H2,1H3,(H,11,13). The predicted molar refractivity (Wildman–Crippen MR) is 54.0 cm³/mol. The zero-order valence-corrected chi connectivity index (χ0v) is 8.36. The Morgan fingerprint density at radius 3 is 2.79 bits per heavy atom. The monoisotopic (exact) mass is 193 g/mol. The van der Waals surface area contributed by atoms with Gasteiger partial charge in [-0.15, -0.1) is 0 Å². The van der Waals surface area contributed by atoms with E-state index < -0.39 is 0 Å². The molecule has 0 radical (unpaired) electrons. The average Bonchev–Trinajstić information content (AvgIpc) is 2.16. The van der Waals surface area contributed by atoms with Crippen molar-refractivity contribution in [3.05, 3.63) is 18.1 Å². The van der Waals surface area contributed by atoms with Crippen molar-refractivity contribution in [1.82, 2.24) is 9.97 Å². The SMILES string of the molecule is CNc1cnc(COC2CCC2)cn1. The van der Waals surface area contributed by atoms with Crippen LogP contribution in [0.15, 0.2) is 12.4 Å². The molecule has 1 fully saturated rings. The van der Waals surface area contributed by atoms with E-state index in [1.807, 2.05) is 7.05 Å². The molecule has 1 aromatic rings. The van der Waals surface area contributed by atoms with E-state index in [4.69, 9.17) is 4.74 Å². The summed E-state index contributed by atoms with van der Waals surface area (Å²) < 4.78 is 5.61. The van der Waals surface area contributed by atoms with Gasteiger partial charge in [0.05, 0.1) is 30.8 Å².